The zero-order valence-corrected chi connectivity index (χ0v) is 56.8. The van der Waals surface area contributed by atoms with Gasteiger partial charge < -0.3 is 97.5 Å². The van der Waals surface area contributed by atoms with Crippen LogP contribution in [0.5, 0.6) is 0 Å². The third-order valence-electron chi connectivity index (χ3n) is 16.7. The van der Waals surface area contributed by atoms with Gasteiger partial charge in [0.05, 0.1) is 141 Å². The number of ether oxygens (including phenoxy) is 14. The highest BCUT2D eigenvalue weighted by atomic mass is 19.1. The summed E-state index contributed by atoms with van der Waals surface area (Å²) in [4.78, 5) is 115. The fourth-order valence-corrected chi connectivity index (χ4v) is 11.6. The Morgan fingerprint density at radius 1 is 0.806 bits per heavy atom. The number of methoxy groups -OCH3 is 1. The van der Waals surface area contributed by atoms with E-state index < -0.39 is 108 Å². The number of benzene rings is 2. The van der Waals surface area contributed by atoms with E-state index in [4.69, 9.17) is 71.3 Å². The fraction of sp³-hybridized carbons (Fsp3) is 0.574. The Balaban J connectivity index is 0.908. The number of anilines is 1. The van der Waals surface area contributed by atoms with E-state index in [2.05, 4.69) is 33.2 Å². The van der Waals surface area contributed by atoms with Crippen LogP contribution in [0.2, 0.25) is 0 Å². The van der Waals surface area contributed by atoms with E-state index in [1.165, 1.54) is 47.9 Å². The number of carbonyl (C=O) groups excluding carboxylic acids is 7. The van der Waals surface area contributed by atoms with Crippen molar-refractivity contribution in [1.29, 1.82) is 0 Å². The SMILES string of the molecule is C=CCOC(=O)N[C@H](C(=O)N[C@@H](C)C(=O)Nc1ccc(COC(=O)O[C@]2(CC)C(=O)OCc3c2cc2n(c3=O)Cc3c-2nc2cc(F)c(C)c4c2c3[C@@H](NC(=O)C2COC(C)(C)O2)CC4)c(C(=O)NCCOCCOCCOCCOCCOCCOCCOCCOC)c1)C(C)C. The van der Waals surface area contributed by atoms with Crippen LogP contribution in [0.1, 0.15) is 110 Å². The number of pyridine rings is 2. The Bertz CT molecular complexity index is 3570. The van der Waals surface area contributed by atoms with Crippen LogP contribution in [0, 0.1) is 18.7 Å². The molecule has 29 nitrogen and oxygen atoms in total. The molecule has 98 heavy (non-hydrogen) atoms. The zero-order valence-electron chi connectivity index (χ0n) is 56.8. The van der Waals surface area contributed by atoms with Crippen LogP contribution in [0.15, 0.2) is 47.8 Å². The maximum absolute atomic E-state index is 15.7. The highest BCUT2D eigenvalue weighted by molar-refractivity contribution is 6.01. The number of carbonyl (C=O) groups is 7. The van der Waals surface area contributed by atoms with Crippen LogP contribution >= 0.6 is 0 Å². The molecular weight excluding hydrogens is 1290 g/mol. The minimum atomic E-state index is -2.25. The molecule has 1 aliphatic carbocycles. The predicted molar refractivity (Wildman–Crippen MR) is 348 cm³/mol. The summed E-state index contributed by atoms with van der Waals surface area (Å²) in [5, 5.41) is 14.3. The molecule has 0 bridgehead atoms. The van der Waals surface area contributed by atoms with E-state index in [-0.39, 0.29) is 91.7 Å². The van der Waals surface area contributed by atoms with Crippen molar-refractivity contribution in [3.05, 3.63) is 104 Å². The molecular formula is C68H90FN7O22. The summed E-state index contributed by atoms with van der Waals surface area (Å²) in [6, 6.07) is 4.18. The average molecular weight is 1380 g/mol. The van der Waals surface area contributed by atoms with Crippen LogP contribution in [-0.4, -0.2) is 201 Å². The highest BCUT2D eigenvalue weighted by Gasteiger charge is 2.51. The number of cyclic esters (lactones) is 1. The number of halogens is 1. The molecule has 5 N–H and O–H groups in total. The van der Waals surface area contributed by atoms with E-state index in [0.717, 1.165) is 5.56 Å². The van der Waals surface area contributed by atoms with Crippen molar-refractivity contribution in [3.63, 3.8) is 0 Å². The van der Waals surface area contributed by atoms with Crippen molar-refractivity contribution in [3.8, 4) is 11.4 Å². The summed E-state index contributed by atoms with van der Waals surface area (Å²) in [5.41, 5.74) is 0.580. The van der Waals surface area contributed by atoms with E-state index in [1.807, 2.05) is 0 Å². The first kappa shape index (κ1) is 75.7. The van der Waals surface area contributed by atoms with Gasteiger partial charge in [0.15, 0.2) is 11.9 Å². The van der Waals surface area contributed by atoms with E-state index in [0.29, 0.717) is 120 Å². The molecule has 2 aromatic heterocycles. The van der Waals surface area contributed by atoms with Crippen molar-refractivity contribution in [2.45, 2.75) is 123 Å². The van der Waals surface area contributed by atoms with Gasteiger partial charge in [-0.3, -0.25) is 24.0 Å². The molecule has 0 spiro atoms. The summed E-state index contributed by atoms with van der Waals surface area (Å²) in [6.07, 6.45) is -1.21. The molecule has 5 atom stereocenters. The molecule has 0 radical (unpaired) electrons. The number of fused-ring (bicyclic) bond motifs is 5. The third kappa shape index (κ3) is 19.4. The van der Waals surface area contributed by atoms with Crippen LogP contribution < -0.4 is 32.1 Å². The number of nitrogens with zero attached hydrogens (tertiary/aromatic N) is 2. The fourth-order valence-electron chi connectivity index (χ4n) is 11.6. The Hall–Kier alpha value is -8.04. The maximum Gasteiger partial charge on any atom is 0.510 e. The van der Waals surface area contributed by atoms with E-state index >= 15 is 4.39 Å². The standard InChI is InChI=1S/C68H90FN7O22/c1-10-17-93-65(83)75-57(40(3)4)62(80)71-42(6)59(77)72-44-13-12-43(46(33-44)60(78)70-16-18-86-21-22-88-25-26-90-29-30-92-32-31-91-28-27-89-24-23-87-20-19-85-9)37-95-66(84)98-68(11-2)49-34-53-58-47(36-76(53)63(81)48(49)38-94-64(68)82)56-51(74-61(79)54-39-96-67(7,8)97-54)15-14-45-41(5)50(69)35-52(73-58)55(45)56/h10,12-13,33-35,40,42,51,54,57H,1,11,14-32,36-39H2,2-9H3,(H,70,78)(H,71,80)(H,72,77)(H,74,79)(H,75,83)/t42-,51-,54?,57-,68-/m0/s1. The number of amides is 5. The van der Waals surface area contributed by atoms with Crippen molar-refractivity contribution >= 4 is 58.4 Å². The van der Waals surface area contributed by atoms with Gasteiger partial charge in [-0.2, -0.15) is 0 Å². The number of alkyl carbamates (subject to hydrolysis) is 1. The summed E-state index contributed by atoms with van der Waals surface area (Å²) in [5.74, 6) is -5.32. The third-order valence-corrected chi connectivity index (χ3v) is 16.7. The zero-order chi connectivity index (χ0) is 70.5. The van der Waals surface area contributed by atoms with E-state index in [1.54, 1.807) is 48.7 Å². The highest BCUT2D eigenvalue weighted by Crippen LogP contribution is 2.47. The lowest BCUT2D eigenvalue weighted by molar-refractivity contribution is -0.175. The quantitative estimate of drug-likeness (QED) is 0.0149. The van der Waals surface area contributed by atoms with Crippen molar-refractivity contribution in [2.75, 3.05) is 131 Å². The van der Waals surface area contributed by atoms with Gasteiger partial charge in [0.2, 0.25) is 17.4 Å². The van der Waals surface area contributed by atoms with E-state index in [9.17, 15) is 38.4 Å². The molecule has 1 saturated heterocycles. The van der Waals surface area contributed by atoms with Gasteiger partial charge in [0.25, 0.3) is 17.4 Å². The normalized spacial score (nSPS) is 17.8. The monoisotopic (exact) mass is 1380 g/mol. The van der Waals surface area contributed by atoms with Crippen LogP contribution in [-0.2, 0) is 117 Å². The smallest absolute Gasteiger partial charge is 0.457 e. The molecule has 8 rings (SSSR count). The van der Waals surface area contributed by atoms with Gasteiger partial charge >= 0.3 is 18.2 Å². The molecule has 536 valence electrons. The maximum atomic E-state index is 15.7. The first-order valence-electron chi connectivity index (χ1n) is 32.8. The van der Waals surface area contributed by atoms with Gasteiger partial charge in [-0.15, -0.1) is 0 Å². The van der Waals surface area contributed by atoms with Crippen LogP contribution in [0.25, 0.3) is 22.3 Å². The van der Waals surface area contributed by atoms with Crippen LogP contribution in [0.3, 0.4) is 0 Å². The van der Waals surface area contributed by atoms with Gasteiger partial charge in [0, 0.05) is 53.0 Å². The molecule has 4 aromatic rings. The second-order valence-electron chi connectivity index (χ2n) is 24.2. The minimum Gasteiger partial charge on any atom is -0.457 e. The van der Waals surface area contributed by atoms with Gasteiger partial charge in [-0.25, -0.2) is 23.8 Å². The van der Waals surface area contributed by atoms with Gasteiger partial charge in [-0.1, -0.05) is 39.5 Å². The second-order valence-corrected chi connectivity index (χ2v) is 24.2. The first-order valence-corrected chi connectivity index (χ1v) is 32.8. The molecule has 4 aliphatic rings. The van der Waals surface area contributed by atoms with Crippen molar-refractivity contribution in [2.24, 2.45) is 5.92 Å². The van der Waals surface area contributed by atoms with Gasteiger partial charge in [-0.05, 0) is 87.8 Å². The largest absolute Gasteiger partial charge is 0.510 e. The minimum absolute atomic E-state index is 0.000855. The average Bonchev–Trinajstić information content (AvgIpc) is 1.47. The number of aryl methyl sites for hydroxylation is 1. The summed E-state index contributed by atoms with van der Waals surface area (Å²) in [7, 11) is 1.62. The lowest BCUT2D eigenvalue weighted by Gasteiger charge is -2.35. The van der Waals surface area contributed by atoms with Gasteiger partial charge in [0.1, 0.15) is 37.7 Å². The number of esters is 1. The molecule has 2 aromatic carbocycles. The summed E-state index contributed by atoms with van der Waals surface area (Å²) >= 11 is 0. The number of hydrogen-bond donors (Lipinski definition) is 5. The second kappa shape index (κ2) is 36.2. The Kier molecular flexibility index (Phi) is 27.9. The number of aromatic nitrogens is 2. The first-order chi connectivity index (χ1) is 47.1. The van der Waals surface area contributed by atoms with Crippen molar-refractivity contribution in [1.82, 2.24) is 30.8 Å². The topological polar surface area (TPSA) is 344 Å². The molecule has 0 saturated carbocycles. The summed E-state index contributed by atoms with van der Waals surface area (Å²) in [6.45, 7) is 19.4. The molecule has 5 amide bonds. The van der Waals surface area contributed by atoms with Crippen molar-refractivity contribution < 1.29 is 104 Å². The Morgan fingerprint density at radius 3 is 2.03 bits per heavy atom. The molecule has 1 fully saturated rings. The Morgan fingerprint density at radius 2 is 1.44 bits per heavy atom. The number of nitrogens with one attached hydrogen (secondary N) is 5. The lowest BCUT2D eigenvalue weighted by atomic mass is 9.81. The Labute approximate surface area is 566 Å². The molecule has 3 aliphatic heterocycles. The van der Waals surface area contributed by atoms with Crippen LogP contribution in [0.4, 0.5) is 19.7 Å². The summed E-state index contributed by atoms with van der Waals surface area (Å²) < 4.78 is 94.5. The number of hydrogen-bond acceptors (Lipinski definition) is 23. The molecule has 1 unspecified atom stereocenters. The predicted octanol–water partition coefficient (Wildman–Crippen LogP) is 5.02. The molecule has 5 heterocycles. The molecule has 30 heteroatoms. The lowest BCUT2D eigenvalue weighted by Crippen LogP contribution is -2.53. The number of rotatable bonds is 39.